The first-order valence-electron chi connectivity index (χ1n) is 6.08. The largest absolute Gasteiger partial charge is 0.465 e. The summed E-state index contributed by atoms with van der Waals surface area (Å²) in [6, 6.07) is 6.99. The van der Waals surface area contributed by atoms with E-state index in [-0.39, 0.29) is 12.1 Å². The van der Waals surface area contributed by atoms with Crippen molar-refractivity contribution in [1.29, 1.82) is 0 Å². The molecule has 0 spiro atoms. The van der Waals surface area contributed by atoms with Crippen LogP contribution in [0.2, 0.25) is 0 Å². The van der Waals surface area contributed by atoms with E-state index in [9.17, 15) is 4.79 Å². The second kappa shape index (κ2) is 7.48. The SMILES string of the molecule is CCC(CC)ON=Cc1ccc(C(=O)OC)cc1. The van der Waals surface area contributed by atoms with E-state index in [1.54, 1.807) is 30.5 Å². The molecule has 0 saturated carbocycles. The lowest BCUT2D eigenvalue weighted by molar-refractivity contribution is 0.0550. The molecule has 0 heterocycles. The Morgan fingerprint density at radius 3 is 2.39 bits per heavy atom. The van der Waals surface area contributed by atoms with Crippen LogP contribution >= 0.6 is 0 Å². The van der Waals surface area contributed by atoms with E-state index in [0.717, 1.165) is 18.4 Å². The third-order valence-corrected chi connectivity index (χ3v) is 2.65. The smallest absolute Gasteiger partial charge is 0.337 e. The van der Waals surface area contributed by atoms with Gasteiger partial charge in [0.05, 0.1) is 18.9 Å². The molecule has 1 aromatic rings. The van der Waals surface area contributed by atoms with Gasteiger partial charge in [0, 0.05) is 0 Å². The zero-order valence-corrected chi connectivity index (χ0v) is 11.1. The van der Waals surface area contributed by atoms with Crippen LogP contribution in [-0.2, 0) is 9.57 Å². The van der Waals surface area contributed by atoms with Gasteiger partial charge in [-0.15, -0.1) is 0 Å². The fourth-order valence-corrected chi connectivity index (χ4v) is 1.44. The molecule has 0 aliphatic heterocycles. The summed E-state index contributed by atoms with van der Waals surface area (Å²) in [7, 11) is 1.36. The first-order valence-corrected chi connectivity index (χ1v) is 6.08. The lowest BCUT2D eigenvalue weighted by atomic mass is 10.1. The van der Waals surface area contributed by atoms with Crippen molar-refractivity contribution < 1.29 is 14.4 Å². The molecular weight excluding hydrogens is 230 g/mol. The van der Waals surface area contributed by atoms with Crippen LogP contribution in [-0.4, -0.2) is 25.4 Å². The van der Waals surface area contributed by atoms with Crippen LogP contribution < -0.4 is 0 Å². The average molecular weight is 249 g/mol. The Kier molecular flexibility index (Phi) is 5.91. The summed E-state index contributed by atoms with van der Waals surface area (Å²) in [5.41, 5.74) is 1.41. The molecule has 98 valence electrons. The molecule has 0 amide bonds. The van der Waals surface area contributed by atoms with Crippen molar-refractivity contribution in [3.8, 4) is 0 Å². The molecule has 0 aliphatic rings. The summed E-state index contributed by atoms with van der Waals surface area (Å²) in [6.45, 7) is 4.13. The Morgan fingerprint density at radius 2 is 1.89 bits per heavy atom. The van der Waals surface area contributed by atoms with E-state index in [2.05, 4.69) is 23.7 Å². The summed E-state index contributed by atoms with van der Waals surface area (Å²) in [5, 5.41) is 3.94. The van der Waals surface area contributed by atoms with Gasteiger partial charge in [-0.2, -0.15) is 0 Å². The maximum atomic E-state index is 11.2. The zero-order valence-electron chi connectivity index (χ0n) is 11.1. The van der Waals surface area contributed by atoms with Crippen LogP contribution in [0.25, 0.3) is 0 Å². The highest BCUT2D eigenvalue weighted by atomic mass is 16.6. The standard InChI is InChI=1S/C14H19NO3/c1-4-13(5-2)18-15-10-11-6-8-12(9-7-11)14(16)17-3/h6-10,13H,4-5H2,1-3H3. The molecule has 0 fully saturated rings. The maximum absolute atomic E-state index is 11.2. The number of carbonyl (C=O) groups is 1. The zero-order chi connectivity index (χ0) is 13.4. The Bertz CT molecular complexity index is 394. The molecule has 0 bridgehead atoms. The first kappa shape index (κ1) is 14.2. The molecule has 0 atom stereocenters. The Morgan fingerprint density at radius 1 is 1.28 bits per heavy atom. The monoisotopic (exact) mass is 249 g/mol. The number of ether oxygens (including phenoxy) is 1. The van der Waals surface area contributed by atoms with Crippen molar-refractivity contribution in [2.24, 2.45) is 5.16 Å². The molecule has 0 N–H and O–H groups in total. The molecule has 1 aromatic carbocycles. The number of hydrogen-bond acceptors (Lipinski definition) is 4. The summed E-state index contributed by atoms with van der Waals surface area (Å²) in [6.07, 6.45) is 3.68. The lowest BCUT2D eigenvalue weighted by Crippen LogP contribution is -2.06. The van der Waals surface area contributed by atoms with Crippen molar-refractivity contribution in [3.05, 3.63) is 35.4 Å². The first-order chi connectivity index (χ1) is 8.71. The number of hydrogen-bond donors (Lipinski definition) is 0. The third-order valence-electron chi connectivity index (χ3n) is 2.65. The van der Waals surface area contributed by atoms with Gasteiger partial charge in [0.25, 0.3) is 0 Å². The fourth-order valence-electron chi connectivity index (χ4n) is 1.44. The van der Waals surface area contributed by atoms with Gasteiger partial charge < -0.3 is 9.57 Å². The van der Waals surface area contributed by atoms with Gasteiger partial charge in [0.2, 0.25) is 0 Å². The molecule has 4 nitrogen and oxygen atoms in total. The van der Waals surface area contributed by atoms with Crippen LogP contribution in [0, 0.1) is 0 Å². The van der Waals surface area contributed by atoms with Gasteiger partial charge in [-0.1, -0.05) is 31.1 Å². The minimum absolute atomic E-state index is 0.163. The second-order valence-electron chi connectivity index (χ2n) is 3.89. The molecule has 4 heteroatoms. The normalized spacial score (nSPS) is 10.9. The van der Waals surface area contributed by atoms with E-state index < -0.39 is 0 Å². The molecular formula is C14H19NO3. The van der Waals surface area contributed by atoms with Gasteiger partial charge in [-0.25, -0.2) is 4.79 Å². The molecule has 0 saturated heterocycles. The highest BCUT2D eigenvalue weighted by Crippen LogP contribution is 2.06. The number of nitrogens with zero attached hydrogens (tertiary/aromatic N) is 1. The second-order valence-corrected chi connectivity index (χ2v) is 3.89. The van der Waals surface area contributed by atoms with Gasteiger partial charge >= 0.3 is 5.97 Å². The van der Waals surface area contributed by atoms with Crippen LogP contribution in [0.5, 0.6) is 0 Å². The number of carbonyl (C=O) groups excluding carboxylic acids is 1. The Labute approximate surface area is 108 Å². The third kappa shape index (κ3) is 4.20. The predicted molar refractivity (Wildman–Crippen MR) is 70.8 cm³/mol. The number of rotatable bonds is 6. The minimum Gasteiger partial charge on any atom is -0.465 e. The topological polar surface area (TPSA) is 47.9 Å². The lowest BCUT2D eigenvalue weighted by Gasteiger charge is -2.08. The summed E-state index contributed by atoms with van der Waals surface area (Å²) >= 11 is 0. The van der Waals surface area contributed by atoms with Gasteiger partial charge in [-0.05, 0) is 30.5 Å². The highest BCUT2D eigenvalue weighted by molar-refractivity contribution is 5.90. The quantitative estimate of drug-likeness (QED) is 0.442. The van der Waals surface area contributed by atoms with Gasteiger partial charge in [0.1, 0.15) is 6.10 Å². The van der Waals surface area contributed by atoms with E-state index in [1.165, 1.54) is 7.11 Å². The summed E-state index contributed by atoms with van der Waals surface area (Å²) < 4.78 is 4.62. The molecule has 0 aliphatic carbocycles. The average Bonchev–Trinajstić information content (AvgIpc) is 2.43. The van der Waals surface area contributed by atoms with Crippen LogP contribution in [0.3, 0.4) is 0 Å². The Hall–Kier alpha value is -1.84. The van der Waals surface area contributed by atoms with Crippen molar-refractivity contribution in [3.63, 3.8) is 0 Å². The van der Waals surface area contributed by atoms with Crippen LogP contribution in [0.4, 0.5) is 0 Å². The van der Waals surface area contributed by atoms with Crippen LogP contribution in [0.1, 0.15) is 42.6 Å². The summed E-state index contributed by atoms with van der Waals surface area (Å²) in [5.74, 6) is -0.341. The maximum Gasteiger partial charge on any atom is 0.337 e. The molecule has 0 unspecified atom stereocenters. The highest BCUT2D eigenvalue weighted by Gasteiger charge is 2.04. The van der Waals surface area contributed by atoms with Gasteiger partial charge in [0.15, 0.2) is 0 Å². The van der Waals surface area contributed by atoms with E-state index in [1.807, 2.05) is 0 Å². The van der Waals surface area contributed by atoms with Crippen molar-refractivity contribution in [2.45, 2.75) is 32.8 Å². The fraction of sp³-hybridized carbons (Fsp3) is 0.429. The number of methoxy groups -OCH3 is 1. The van der Waals surface area contributed by atoms with Crippen molar-refractivity contribution >= 4 is 12.2 Å². The summed E-state index contributed by atoms with van der Waals surface area (Å²) in [4.78, 5) is 16.5. The number of benzene rings is 1. The predicted octanol–water partition coefficient (Wildman–Crippen LogP) is 3.01. The molecule has 0 radical (unpaired) electrons. The number of esters is 1. The van der Waals surface area contributed by atoms with E-state index in [0.29, 0.717) is 5.56 Å². The van der Waals surface area contributed by atoms with Gasteiger partial charge in [-0.3, -0.25) is 0 Å². The van der Waals surface area contributed by atoms with Crippen LogP contribution in [0.15, 0.2) is 29.4 Å². The minimum atomic E-state index is -0.341. The van der Waals surface area contributed by atoms with E-state index in [4.69, 9.17) is 4.84 Å². The molecule has 1 rings (SSSR count). The Balaban J connectivity index is 2.58. The van der Waals surface area contributed by atoms with Crippen molar-refractivity contribution in [1.82, 2.24) is 0 Å². The number of oxime groups is 1. The van der Waals surface area contributed by atoms with Crippen molar-refractivity contribution in [2.75, 3.05) is 7.11 Å². The molecule has 0 aromatic heterocycles. The van der Waals surface area contributed by atoms with E-state index >= 15 is 0 Å². The molecule has 18 heavy (non-hydrogen) atoms.